The highest BCUT2D eigenvalue weighted by molar-refractivity contribution is 5.85. The van der Waals surface area contributed by atoms with Gasteiger partial charge in [0.2, 0.25) is 11.8 Å². The number of piperidine rings is 2. The molecular weight excluding hydrogens is 437 g/mol. The number of imidazole rings is 1. The van der Waals surface area contributed by atoms with E-state index in [0.717, 1.165) is 37.1 Å². The van der Waals surface area contributed by atoms with Crippen LogP contribution in [0.1, 0.15) is 36.9 Å². The summed E-state index contributed by atoms with van der Waals surface area (Å²) in [5.41, 5.74) is 8.30. The monoisotopic (exact) mass is 467 g/mol. The van der Waals surface area contributed by atoms with Crippen LogP contribution in [-0.2, 0) is 22.6 Å². The number of hydrogen-bond acceptors (Lipinski definition) is 4. The highest BCUT2D eigenvalue weighted by Crippen LogP contribution is 2.40. The zero-order chi connectivity index (χ0) is 20.3. The van der Waals surface area contributed by atoms with Gasteiger partial charge in [0.1, 0.15) is 0 Å². The molecule has 1 aromatic carbocycles. The summed E-state index contributed by atoms with van der Waals surface area (Å²) in [5.74, 6) is 0.238. The number of nitrogens with one attached hydrogen (secondary N) is 1. The normalized spacial score (nSPS) is 18.8. The summed E-state index contributed by atoms with van der Waals surface area (Å²) in [6, 6.07) is 9.60. The molecule has 4 rings (SSSR count). The number of rotatable bonds is 5. The number of nitrogens with two attached hydrogens (primary N) is 1. The molecule has 7 nitrogen and oxygen atoms in total. The molecule has 9 heteroatoms. The lowest BCUT2D eigenvalue weighted by Crippen LogP contribution is -2.54. The highest BCUT2D eigenvalue weighted by Gasteiger charge is 2.42. The van der Waals surface area contributed by atoms with E-state index in [-0.39, 0.29) is 42.0 Å². The van der Waals surface area contributed by atoms with Gasteiger partial charge in [-0.1, -0.05) is 30.3 Å². The van der Waals surface area contributed by atoms with E-state index in [1.165, 1.54) is 0 Å². The molecule has 0 saturated carbocycles. The lowest BCUT2D eigenvalue weighted by atomic mass is 9.72. The first-order valence-electron chi connectivity index (χ1n) is 10.4. The van der Waals surface area contributed by atoms with Crippen LogP contribution in [-0.4, -0.2) is 57.3 Å². The van der Waals surface area contributed by atoms with Gasteiger partial charge in [-0.15, -0.1) is 24.8 Å². The topological polar surface area (TPSA) is 95.3 Å². The van der Waals surface area contributed by atoms with Crippen LogP contribution in [0, 0.1) is 5.41 Å². The molecular formula is C22H31Cl2N5O2. The third-order valence-corrected chi connectivity index (χ3v) is 6.41. The van der Waals surface area contributed by atoms with Crippen LogP contribution in [0.3, 0.4) is 0 Å². The zero-order valence-electron chi connectivity index (χ0n) is 17.5. The molecule has 2 aromatic rings. The number of carbonyl (C=O) groups is 2. The SMILES string of the molecule is Cl.Cl.N[C@@H](Cc1cnc[nH]1)C(=O)N1CCC2(CCC(=O)N(Cc3ccccc3)C2)CC1. The summed E-state index contributed by atoms with van der Waals surface area (Å²) in [5, 5.41) is 0. The fourth-order valence-corrected chi connectivity index (χ4v) is 4.61. The molecule has 31 heavy (non-hydrogen) atoms. The van der Waals surface area contributed by atoms with Crippen LogP contribution in [0.15, 0.2) is 42.9 Å². The van der Waals surface area contributed by atoms with Crippen molar-refractivity contribution in [3.8, 4) is 0 Å². The number of hydrogen-bond donors (Lipinski definition) is 2. The van der Waals surface area contributed by atoms with Gasteiger partial charge in [0.25, 0.3) is 0 Å². The van der Waals surface area contributed by atoms with Crippen molar-refractivity contribution in [2.75, 3.05) is 19.6 Å². The summed E-state index contributed by atoms with van der Waals surface area (Å²) < 4.78 is 0. The molecule has 3 heterocycles. The molecule has 0 bridgehead atoms. The number of amides is 2. The van der Waals surface area contributed by atoms with Crippen LogP contribution in [0.2, 0.25) is 0 Å². The number of aromatic amines is 1. The average molecular weight is 468 g/mol. The van der Waals surface area contributed by atoms with Crippen LogP contribution < -0.4 is 5.73 Å². The van der Waals surface area contributed by atoms with E-state index in [1.54, 1.807) is 12.5 Å². The Bertz CT molecular complexity index is 839. The lowest BCUT2D eigenvalue weighted by Gasteiger charge is -2.47. The Morgan fingerprint density at radius 1 is 1.16 bits per heavy atom. The van der Waals surface area contributed by atoms with E-state index in [9.17, 15) is 9.59 Å². The Kier molecular flexibility index (Phi) is 8.91. The number of nitrogens with zero attached hydrogens (tertiary/aromatic N) is 3. The van der Waals surface area contributed by atoms with Gasteiger partial charge < -0.3 is 20.5 Å². The van der Waals surface area contributed by atoms with E-state index >= 15 is 0 Å². The van der Waals surface area contributed by atoms with Gasteiger partial charge in [0.15, 0.2) is 0 Å². The van der Waals surface area contributed by atoms with Crippen LogP contribution >= 0.6 is 24.8 Å². The van der Waals surface area contributed by atoms with Gasteiger partial charge >= 0.3 is 0 Å². The summed E-state index contributed by atoms with van der Waals surface area (Å²) >= 11 is 0. The standard InChI is InChI=1S/C22H29N5O2.2ClH/c23-19(12-18-13-24-16-25-18)21(29)26-10-8-22(9-11-26)7-6-20(28)27(15-22)14-17-4-2-1-3-5-17;;/h1-5,13,16,19H,6-12,14-15,23H2,(H,24,25);2*1H/t19-;;/m0../s1. The molecule has 170 valence electrons. The molecule has 1 aromatic heterocycles. The molecule has 0 aliphatic carbocycles. The molecule has 1 atom stereocenters. The van der Waals surface area contributed by atoms with Crippen molar-refractivity contribution in [2.24, 2.45) is 11.1 Å². The van der Waals surface area contributed by atoms with E-state index in [0.29, 0.717) is 32.5 Å². The Balaban J connectivity index is 0.00000171. The summed E-state index contributed by atoms with van der Waals surface area (Å²) in [7, 11) is 0. The van der Waals surface area contributed by atoms with Gasteiger partial charge in [-0.3, -0.25) is 9.59 Å². The summed E-state index contributed by atoms with van der Waals surface area (Å²) in [6.45, 7) is 2.87. The summed E-state index contributed by atoms with van der Waals surface area (Å²) in [6.07, 6.45) is 7.14. The average Bonchev–Trinajstić information content (AvgIpc) is 3.25. The van der Waals surface area contributed by atoms with Crippen molar-refractivity contribution < 1.29 is 9.59 Å². The van der Waals surface area contributed by atoms with Crippen LogP contribution in [0.4, 0.5) is 0 Å². The number of aromatic nitrogens is 2. The molecule has 2 fully saturated rings. The maximum atomic E-state index is 12.8. The van der Waals surface area contributed by atoms with Gasteiger partial charge in [0.05, 0.1) is 12.4 Å². The molecule has 3 N–H and O–H groups in total. The number of H-pyrrole nitrogens is 1. The fraction of sp³-hybridized carbons (Fsp3) is 0.500. The third-order valence-electron chi connectivity index (χ3n) is 6.41. The first kappa shape index (κ1) is 25.2. The second kappa shape index (κ2) is 11.0. The lowest BCUT2D eigenvalue weighted by molar-refractivity contribution is -0.143. The van der Waals surface area contributed by atoms with E-state index < -0.39 is 6.04 Å². The second-order valence-corrected chi connectivity index (χ2v) is 8.45. The van der Waals surface area contributed by atoms with Crippen molar-refractivity contribution >= 4 is 36.6 Å². The van der Waals surface area contributed by atoms with Gasteiger partial charge in [-0.2, -0.15) is 0 Å². The van der Waals surface area contributed by atoms with Crippen molar-refractivity contribution in [3.05, 3.63) is 54.1 Å². The minimum absolute atomic E-state index is 0. The second-order valence-electron chi connectivity index (χ2n) is 8.45. The van der Waals surface area contributed by atoms with Crippen molar-refractivity contribution in [2.45, 2.75) is 44.7 Å². The first-order valence-corrected chi connectivity index (χ1v) is 10.4. The first-order chi connectivity index (χ1) is 14.0. The molecule has 1 spiro atoms. The molecule has 2 aliphatic rings. The smallest absolute Gasteiger partial charge is 0.239 e. The number of halogens is 2. The number of benzene rings is 1. The minimum Gasteiger partial charge on any atom is -0.348 e. The number of carbonyl (C=O) groups excluding carboxylic acids is 2. The Hall–Kier alpha value is -2.09. The molecule has 0 radical (unpaired) electrons. The van der Waals surface area contributed by atoms with Crippen molar-refractivity contribution in [3.63, 3.8) is 0 Å². The maximum absolute atomic E-state index is 12.8. The van der Waals surface area contributed by atoms with Crippen LogP contribution in [0.5, 0.6) is 0 Å². The van der Waals surface area contributed by atoms with Crippen molar-refractivity contribution in [1.29, 1.82) is 0 Å². The van der Waals surface area contributed by atoms with E-state index in [2.05, 4.69) is 22.1 Å². The predicted octanol–water partition coefficient (Wildman–Crippen LogP) is 2.55. The quantitative estimate of drug-likeness (QED) is 0.705. The van der Waals surface area contributed by atoms with E-state index in [4.69, 9.17) is 5.73 Å². The van der Waals surface area contributed by atoms with Crippen molar-refractivity contribution in [1.82, 2.24) is 19.8 Å². The molecule has 2 aliphatic heterocycles. The number of likely N-dealkylation sites (tertiary alicyclic amines) is 2. The third kappa shape index (κ3) is 5.99. The maximum Gasteiger partial charge on any atom is 0.239 e. The predicted molar refractivity (Wildman–Crippen MR) is 124 cm³/mol. The fourth-order valence-electron chi connectivity index (χ4n) is 4.61. The highest BCUT2D eigenvalue weighted by atomic mass is 35.5. The minimum atomic E-state index is -0.549. The van der Waals surface area contributed by atoms with Gasteiger partial charge in [-0.25, -0.2) is 4.98 Å². The zero-order valence-corrected chi connectivity index (χ0v) is 19.2. The Morgan fingerprint density at radius 2 is 1.87 bits per heavy atom. The van der Waals surface area contributed by atoms with Gasteiger partial charge in [0, 0.05) is 50.9 Å². The van der Waals surface area contributed by atoms with Gasteiger partial charge in [-0.05, 0) is 30.2 Å². The Morgan fingerprint density at radius 3 is 2.52 bits per heavy atom. The molecule has 0 unspecified atom stereocenters. The largest absolute Gasteiger partial charge is 0.348 e. The van der Waals surface area contributed by atoms with Crippen LogP contribution in [0.25, 0.3) is 0 Å². The molecule has 2 saturated heterocycles. The molecule has 2 amide bonds. The Labute approximate surface area is 195 Å². The van der Waals surface area contributed by atoms with E-state index in [1.807, 2.05) is 28.0 Å². The summed E-state index contributed by atoms with van der Waals surface area (Å²) in [4.78, 5) is 36.1.